The molecule has 1 unspecified atom stereocenters. The predicted octanol–water partition coefficient (Wildman–Crippen LogP) is 1.02. The zero-order valence-corrected chi connectivity index (χ0v) is 11.5. The SMILES string of the molecule is C=CCNCC(=O)NCC(CC(C)(C)C)C(=O)O. The molecule has 0 spiro atoms. The van der Waals surface area contributed by atoms with E-state index >= 15 is 0 Å². The van der Waals surface area contributed by atoms with Crippen molar-refractivity contribution in [2.24, 2.45) is 11.3 Å². The normalized spacial score (nSPS) is 12.8. The first kappa shape index (κ1) is 16.6. The van der Waals surface area contributed by atoms with Gasteiger partial charge in [0.15, 0.2) is 0 Å². The fourth-order valence-corrected chi connectivity index (χ4v) is 1.57. The van der Waals surface area contributed by atoms with Gasteiger partial charge in [0.25, 0.3) is 0 Å². The Labute approximate surface area is 109 Å². The summed E-state index contributed by atoms with van der Waals surface area (Å²) in [5.74, 6) is -1.62. The van der Waals surface area contributed by atoms with Crippen LogP contribution in [0.5, 0.6) is 0 Å². The number of hydrogen-bond acceptors (Lipinski definition) is 3. The van der Waals surface area contributed by atoms with E-state index in [2.05, 4.69) is 17.2 Å². The number of carbonyl (C=O) groups excluding carboxylic acids is 1. The van der Waals surface area contributed by atoms with Crippen LogP contribution in [-0.2, 0) is 9.59 Å². The summed E-state index contributed by atoms with van der Waals surface area (Å²) in [6.07, 6.45) is 2.19. The highest BCUT2D eigenvalue weighted by atomic mass is 16.4. The molecule has 0 bridgehead atoms. The van der Waals surface area contributed by atoms with Gasteiger partial charge in [-0.1, -0.05) is 26.8 Å². The average molecular weight is 256 g/mol. The maximum absolute atomic E-state index is 11.4. The van der Waals surface area contributed by atoms with Gasteiger partial charge >= 0.3 is 5.97 Å². The van der Waals surface area contributed by atoms with E-state index in [-0.39, 0.29) is 24.4 Å². The maximum Gasteiger partial charge on any atom is 0.308 e. The van der Waals surface area contributed by atoms with E-state index in [1.54, 1.807) is 6.08 Å². The molecule has 1 amide bonds. The smallest absolute Gasteiger partial charge is 0.308 e. The molecule has 0 saturated heterocycles. The van der Waals surface area contributed by atoms with Crippen LogP contribution in [0.4, 0.5) is 0 Å². The van der Waals surface area contributed by atoms with Crippen molar-refractivity contribution < 1.29 is 14.7 Å². The van der Waals surface area contributed by atoms with Crippen LogP contribution >= 0.6 is 0 Å². The molecule has 0 aliphatic heterocycles. The number of carbonyl (C=O) groups is 2. The van der Waals surface area contributed by atoms with E-state index in [1.165, 1.54) is 0 Å². The molecule has 5 heteroatoms. The molecule has 0 aromatic rings. The average Bonchev–Trinajstić information content (AvgIpc) is 2.22. The summed E-state index contributed by atoms with van der Waals surface area (Å²) in [7, 11) is 0. The number of aliphatic carboxylic acids is 1. The molecule has 0 fully saturated rings. The number of carboxylic acids is 1. The second-order valence-corrected chi connectivity index (χ2v) is 5.52. The maximum atomic E-state index is 11.4. The highest BCUT2D eigenvalue weighted by molar-refractivity contribution is 5.79. The Morgan fingerprint density at radius 3 is 2.44 bits per heavy atom. The summed E-state index contributed by atoms with van der Waals surface area (Å²) in [5, 5.41) is 14.6. The van der Waals surface area contributed by atoms with Gasteiger partial charge in [-0.05, 0) is 11.8 Å². The highest BCUT2D eigenvalue weighted by Gasteiger charge is 2.24. The third-order valence-electron chi connectivity index (χ3n) is 2.33. The summed E-state index contributed by atoms with van der Waals surface area (Å²) in [4.78, 5) is 22.5. The first-order valence-electron chi connectivity index (χ1n) is 6.07. The van der Waals surface area contributed by atoms with Gasteiger partial charge in [0.05, 0.1) is 12.5 Å². The Kier molecular flexibility index (Phi) is 7.27. The lowest BCUT2D eigenvalue weighted by molar-refractivity contribution is -0.142. The number of rotatable bonds is 8. The fourth-order valence-electron chi connectivity index (χ4n) is 1.57. The van der Waals surface area contributed by atoms with Crippen LogP contribution in [-0.4, -0.2) is 36.6 Å². The Balaban J connectivity index is 4.08. The zero-order chi connectivity index (χ0) is 14.2. The largest absolute Gasteiger partial charge is 0.481 e. The topological polar surface area (TPSA) is 78.4 Å². The molecule has 0 saturated carbocycles. The molecule has 3 N–H and O–H groups in total. The summed E-state index contributed by atoms with van der Waals surface area (Å²) in [6.45, 7) is 10.4. The molecule has 0 aliphatic rings. The fraction of sp³-hybridized carbons (Fsp3) is 0.692. The van der Waals surface area contributed by atoms with Crippen molar-refractivity contribution >= 4 is 11.9 Å². The molecule has 0 aromatic carbocycles. The van der Waals surface area contributed by atoms with Crippen molar-refractivity contribution in [3.63, 3.8) is 0 Å². The quantitative estimate of drug-likeness (QED) is 0.447. The third kappa shape index (κ3) is 8.75. The molecular formula is C13H24N2O3. The van der Waals surface area contributed by atoms with Crippen molar-refractivity contribution in [1.82, 2.24) is 10.6 Å². The summed E-state index contributed by atoms with van der Waals surface area (Å²) < 4.78 is 0. The van der Waals surface area contributed by atoms with Crippen molar-refractivity contribution in [1.29, 1.82) is 0 Å². The second kappa shape index (κ2) is 7.87. The van der Waals surface area contributed by atoms with Crippen LogP contribution in [0.1, 0.15) is 27.2 Å². The Morgan fingerprint density at radius 1 is 1.39 bits per heavy atom. The summed E-state index contributed by atoms with van der Waals surface area (Å²) >= 11 is 0. The summed E-state index contributed by atoms with van der Waals surface area (Å²) in [5.41, 5.74) is -0.0745. The van der Waals surface area contributed by atoms with Gasteiger partial charge in [-0.2, -0.15) is 0 Å². The van der Waals surface area contributed by atoms with Crippen LogP contribution in [0, 0.1) is 11.3 Å². The van der Waals surface area contributed by atoms with Crippen LogP contribution < -0.4 is 10.6 Å². The van der Waals surface area contributed by atoms with Crippen molar-refractivity contribution in [3.8, 4) is 0 Å². The predicted molar refractivity (Wildman–Crippen MR) is 71.3 cm³/mol. The minimum Gasteiger partial charge on any atom is -0.481 e. The van der Waals surface area contributed by atoms with Crippen molar-refractivity contribution in [3.05, 3.63) is 12.7 Å². The monoisotopic (exact) mass is 256 g/mol. The molecular weight excluding hydrogens is 232 g/mol. The van der Waals surface area contributed by atoms with E-state index in [1.807, 2.05) is 20.8 Å². The van der Waals surface area contributed by atoms with Crippen LogP contribution in [0.3, 0.4) is 0 Å². The number of amides is 1. The molecule has 18 heavy (non-hydrogen) atoms. The number of carboxylic acid groups (broad SMARTS) is 1. The van der Waals surface area contributed by atoms with Crippen molar-refractivity contribution in [2.45, 2.75) is 27.2 Å². The van der Waals surface area contributed by atoms with Gasteiger partial charge in [-0.25, -0.2) is 0 Å². The molecule has 0 heterocycles. The first-order valence-corrected chi connectivity index (χ1v) is 6.07. The van der Waals surface area contributed by atoms with Gasteiger partial charge in [-0.15, -0.1) is 6.58 Å². The molecule has 0 rings (SSSR count). The molecule has 0 radical (unpaired) electrons. The van der Waals surface area contributed by atoms with E-state index in [9.17, 15) is 9.59 Å². The molecule has 0 aromatic heterocycles. The van der Waals surface area contributed by atoms with E-state index < -0.39 is 11.9 Å². The second-order valence-electron chi connectivity index (χ2n) is 5.52. The zero-order valence-electron chi connectivity index (χ0n) is 11.5. The lowest BCUT2D eigenvalue weighted by Gasteiger charge is -2.23. The van der Waals surface area contributed by atoms with Crippen LogP contribution in [0.25, 0.3) is 0 Å². The van der Waals surface area contributed by atoms with Gasteiger partial charge in [0.1, 0.15) is 0 Å². The van der Waals surface area contributed by atoms with E-state index in [0.29, 0.717) is 13.0 Å². The Morgan fingerprint density at radius 2 is 2.00 bits per heavy atom. The Bertz CT molecular complexity index is 295. The minimum absolute atomic E-state index is 0.0745. The van der Waals surface area contributed by atoms with Gasteiger partial charge in [-0.3, -0.25) is 9.59 Å². The lowest BCUT2D eigenvalue weighted by atomic mass is 9.84. The first-order chi connectivity index (χ1) is 8.26. The van der Waals surface area contributed by atoms with Gasteiger partial charge in [0, 0.05) is 13.1 Å². The highest BCUT2D eigenvalue weighted by Crippen LogP contribution is 2.24. The third-order valence-corrected chi connectivity index (χ3v) is 2.33. The van der Waals surface area contributed by atoms with E-state index in [4.69, 9.17) is 5.11 Å². The van der Waals surface area contributed by atoms with Crippen molar-refractivity contribution in [2.75, 3.05) is 19.6 Å². The summed E-state index contributed by atoms with van der Waals surface area (Å²) in [6, 6.07) is 0. The van der Waals surface area contributed by atoms with E-state index in [0.717, 1.165) is 0 Å². The van der Waals surface area contributed by atoms with Crippen LogP contribution in [0.15, 0.2) is 12.7 Å². The molecule has 104 valence electrons. The minimum atomic E-state index is -0.871. The number of hydrogen-bond donors (Lipinski definition) is 3. The molecule has 0 aliphatic carbocycles. The van der Waals surface area contributed by atoms with Gasteiger partial charge < -0.3 is 15.7 Å². The Hall–Kier alpha value is -1.36. The number of nitrogens with one attached hydrogen (secondary N) is 2. The van der Waals surface area contributed by atoms with Crippen LogP contribution in [0.2, 0.25) is 0 Å². The van der Waals surface area contributed by atoms with Gasteiger partial charge in [0.2, 0.25) is 5.91 Å². The standard InChI is InChI=1S/C13H24N2O3/c1-5-6-14-9-11(16)15-8-10(12(17)18)7-13(2,3)4/h5,10,14H,1,6-9H2,2-4H3,(H,15,16)(H,17,18). The molecule has 1 atom stereocenters. The molecule has 5 nitrogen and oxygen atoms in total. The lowest BCUT2D eigenvalue weighted by Crippen LogP contribution is -2.39.